The SMILES string of the molecule is Cc1cc2cnc(NC3CCN(S(=O)(=O)CC4CCCC4)CC3)nc2c(Cl)n1. The molecule has 3 heterocycles. The Bertz CT molecular complexity index is 954. The molecule has 1 aliphatic carbocycles. The van der Waals surface area contributed by atoms with Crippen LogP contribution in [-0.4, -0.2) is 52.6 Å². The van der Waals surface area contributed by atoms with Crippen LogP contribution in [0.4, 0.5) is 5.95 Å². The van der Waals surface area contributed by atoms with Gasteiger partial charge in [-0.1, -0.05) is 24.4 Å². The molecule has 1 N–H and O–H groups in total. The van der Waals surface area contributed by atoms with Gasteiger partial charge in [0.2, 0.25) is 16.0 Å². The number of hydrogen-bond acceptors (Lipinski definition) is 6. The lowest BCUT2D eigenvalue weighted by Crippen LogP contribution is -2.44. The van der Waals surface area contributed by atoms with Gasteiger partial charge >= 0.3 is 0 Å². The number of aromatic nitrogens is 3. The summed E-state index contributed by atoms with van der Waals surface area (Å²) in [6.07, 6.45) is 7.65. The minimum absolute atomic E-state index is 0.146. The van der Waals surface area contributed by atoms with Crippen molar-refractivity contribution >= 4 is 38.5 Å². The van der Waals surface area contributed by atoms with E-state index in [9.17, 15) is 8.42 Å². The van der Waals surface area contributed by atoms with Gasteiger partial charge in [0, 0.05) is 36.4 Å². The third-order valence-corrected chi connectivity index (χ3v) is 8.06. The molecule has 0 unspecified atom stereocenters. The van der Waals surface area contributed by atoms with Gasteiger partial charge < -0.3 is 5.32 Å². The number of sulfonamides is 1. The summed E-state index contributed by atoms with van der Waals surface area (Å²) in [5.41, 5.74) is 1.45. The maximum Gasteiger partial charge on any atom is 0.223 e. The van der Waals surface area contributed by atoms with Crippen molar-refractivity contribution < 1.29 is 8.42 Å². The standard InChI is InChI=1S/C19H26ClN5O2S/c1-13-10-15-11-21-19(24-17(15)18(20)22-13)23-16-6-8-25(9-7-16)28(26,27)12-14-4-2-3-5-14/h10-11,14,16H,2-9,12H2,1H3,(H,21,23,24). The highest BCUT2D eigenvalue weighted by Crippen LogP contribution is 2.28. The van der Waals surface area contributed by atoms with E-state index in [0.29, 0.717) is 41.4 Å². The summed E-state index contributed by atoms with van der Waals surface area (Å²) in [7, 11) is -3.15. The Kier molecular flexibility index (Phi) is 5.71. The normalized spacial score (nSPS) is 20.1. The van der Waals surface area contributed by atoms with Crippen molar-refractivity contribution in [3.63, 3.8) is 0 Å². The molecular weight excluding hydrogens is 398 g/mol. The van der Waals surface area contributed by atoms with E-state index in [4.69, 9.17) is 11.6 Å². The first kappa shape index (κ1) is 19.8. The molecule has 0 atom stereocenters. The van der Waals surface area contributed by atoms with Crippen LogP contribution in [0.1, 0.15) is 44.2 Å². The molecule has 152 valence electrons. The quantitative estimate of drug-likeness (QED) is 0.741. The van der Waals surface area contributed by atoms with E-state index in [1.165, 1.54) is 0 Å². The fourth-order valence-electron chi connectivity index (χ4n) is 4.24. The number of pyridine rings is 1. The van der Waals surface area contributed by atoms with E-state index in [1.807, 2.05) is 13.0 Å². The van der Waals surface area contributed by atoms with Crippen LogP contribution in [-0.2, 0) is 10.0 Å². The number of hydrogen-bond donors (Lipinski definition) is 1. The molecular formula is C19H26ClN5O2S. The molecule has 0 radical (unpaired) electrons. The molecule has 2 aromatic heterocycles. The van der Waals surface area contributed by atoms with E-state index >= 15 is 0 Å². The van der Waals surface area contributed by atoms with Gasteiger partial charge in [-0.05, 0) is 44.6 Å². The molecule has 0 aromatic carbocycles. The molecule has 1 saturated heterocycles. The Labute approximate surface area is 171 Å². The second-order valence-electron chi connectivity index (χ2n) is 7.93. The average Bonchev–Trinajstić information content (AvgIpc) is 3.15. The lowest BCUT2D eigenvalue weighted by Gasteiger charge is -2.32. The summed E-state index contributed by atoms with van der Waals surface area (Å²) < 4.78 is 27.0. The van der Waals surface area contributed by atoms with Crippen LogP contribution in [0.3, 0.4) is 0 Å². The van der Waals surface area contributed by atoms with Gasteiger partial charge in [-0.25, -0.2) is 27.7 Å². The van der Waals surface area contributed by atoms with E-state index in [2.05, 4.69) is 20.3 Å². The number of anilines is 1. The van der Waals surface area contributed by atoms with E-state index in [1.54, 1.807) is 10.5 Å². The molecule has 4 rings (SSSR count). The topological polar surface area (TPSA) is 88.1 Å². The smallest absolute Gasteiger partial charge is 0.223 e. The Morgan fingerprint density at radius 1 is 1.18 bits per heavy atom. The molecule has 28 heavy (non-hydrogen) atoms. The van der Waals surface area contributed by atoms with E-state index in [-0.39, 0.29) is 6.04 Å². The fourth-order valence-corrected chi connectivity index (χ4v) is 6.43. The highest BCUT2D eigenvalue weighted by molar-refractivity contribution is 7.89. The van der Waals surface area contributed by atoms with Crippen molar-refractivity contribution in [2.24, 2.45) is 5.92 Å². The van der Waals surface area contributed by atoms with Gasteiger partial charge in [-0.3, -0.25) is 0 Å². The van der Waals surface area contributed by atoms with Gasteiger partial charge in [0.05, 0.1) is 5.75 Å². The zero-order valence-electron chi connectivity index (χ0n) is 16.1. The molecule has 2 aromatic rings. The van der Waals surface area contributed by atoms with Crippen LogP contribution >= 0.6 is 11.6 Å². The summed E-state index contributed by atoms with van der Waals surface area (Å²) in [5, 5.41) is 4.56. The molecule has 7 nitrogen and oxygen atoms in total. The van der Waals surface area contributed by atoms with Crippen LogP contribution in [0.5, 0.6) is 0 Å². The predicted octanol–water partition coefficient (Wildman–Crippen LogP) is 3.38. The van der Waals surface area contributed by atoms with Crippen LogP contribution in [0.2, 0.25) is 5.15 Å². The number of nitrogens with one attached hydrogen (secondary N) is 1. The molecule has 0 bridgehead atoms. The molecule has 9 heteroatoms. The van der Waals surface area contributed by atoms with Crippen molar-refractivity contribution in [1.82, 2.24) is 19.3 Å². The lowest BCUT2D eigenvalue weighted by atomic mass is 10.1. The zero-order valence-corrected chi connectivity index (χ0v) is 17.6. The average molecular weight is 424 g/mol. The van der Waals surface area contributed by atoms with Crippen molar-refractivity contribution in [1.29, 1.82) is 0 Å². The highest BCUT2D eigenvalue weighted by atomic mass is 35.5. The summed E-state index contributed by atoms with van der Waals surface area (Å²) in [6.45, 7) is 2.97. The Balaban J connectivity index is 1.37. The maximum absolute atomic E-state index is 12.7. The molecule has 2 fully saturated rings. The van der Waals surface area contributed by atoms with Crippen LogP contribution < -0.4 is 5.32 Å². The summed E-state index contributed by atoms with van der Waals surface area (Å²) in [6, 6.07) is 2.05. The van der Waals surface area contributed by atoms with E-state index in [0.717, 1.165) is 49.6 Å². The second-order valence-corrected chi connectivity index (χ2v) is 10.3. The first-order valence-electron chi connectivity index (χ1n) is 9.95. The summed E-state index contributed by atoms with van der Waals surface area (Å²) >= 11 is 6.21. The Morgan fingerprint density at radius 3 is 2.61 bits per heavy atom. The van der Waals surface area contributed by atoms with Gasteiger partial charge in [0.25, 0.3) is 0 Å². The number of rotatable bonds is 5. The van der Waals surface area contributed by atoms with Crippen LogP contribution in [0, 0.1) is 12.8 Å². The molecule has 2 aliphatic rings. The van der Waals surface area contributed by atoms with Crippen molar-refractivity contribution in [3.8, 4) is 0 Å². The van der Waals surface area contributed by atoms with Gasteiger partial charge in [-0.15, -0.1) is 0 Å². The van der Waals surface area contributed by atoms with Gasteiger partial charge in [0.1, 0.15) is 5.52 Å². The lowest BCUT2D eigenvalue weighted by molar-refractivity contribution is 0.326. The monoisotopic (exact) mass is 423 g/mol. The zero-order chi connectivity index (χ0) is 19.7. The van der Waals surface area contributed by atoms with Crippen LogP contribution in [0.25, 0.3) is 10.9 Å². The number of halogens is 1. The summed E-state index contributed by atoms with van der Waals surface area (Å²) in [5.74, 6) is 1.16. The van der Waals surface area contributed by atoms with E-state index < -0.39 is 10.0 Å². The molecule has 1 saturated carbocycles. The first-order valence-corrected chi connectivity index (χ1v) is 11.9. The molecule has 0 amide bonds. The summed E-state index contributed by atoms with van der Waals surface area (Å²) in [4.78, 5) is 13.1. The number of fused-ring (bicyclic) bond motifs is 1. The first-order chi connectivity index (χ1) is 13.4. The molecule has 1 aliphatic heterocycles. The van der Waals surface area contributed by atoms with Crippen molar-refractivity contribution in [2.75, 3.05) is 24.2 Å². The number of nitrogens with zero attached hydrogens (tertiary/aromatic N) is 4. The predicted molar refractivity (Wildman–Crippen MR) is 111 cm³/mol. The second kappa shape index (κ2) is 8.08. The molecule has 0 spiro atoms. The van der Waals surface area contributed by atoms with Crippen molar-refractivity contribution in [3.05, 3.63) is 23.1 Å². The third kappa shape index (κ3) is 4.39. The fraction of sp³-hybridized carbons (Fsp3) is 0.632. The largest absolute Gasteiger partial charge is 0.351 e. The van der Waals surface area contributed by atoms with Crippen LogP contribution in [0.15, 0.2) is 12.3 Å². The number of aryl methyl sites for hydroxylation is 1. The van der Waals surface area contributed by atoms with Gasteiger partial charge in [0.15, 0.2) is 5.15 Å². The Hall–Kier alpha value is -1.51. The maximum atomic E-state index is 12.7. The van der Waals surface area contributed by atoms with Gasteiger partial charge in [-0.2, -0.15) is 0 Å². The minimum Gasteiger partial charge on any atom is -0.351 e. The van der Waals surface area contributed by atoms with Crippen molar-refractivity contribution in [2.45, 2.75) is 51.5 Å². The number of piperidine rings is 1. The Morgan fingerprint density at radius 2 is 1.89 bits per heavy atom. The third-order valence-electron chi connectivity index (χ3n) is 5.75. The minimum atomic E-state index is -3.15. The highest BCUT2D eigenvalue weighted by Gasteiger charge is 2.31.